The third-order valence-electron chi connectivity index (χ3n) is 4.33. The molecule has 26 heavy (non-hydrogen) atoms. The van der Waals surface area contributed by atoms with Crippen molar-refractivity contribution in [2.45, 2.75) is 13.0 Å². The number of amides is 1. The second-order valence-electron chi connectivity index (χ2n) is 5.94. The topological polar surface area (TPSA) is 67.8 Å². The summed E-state index contributed by atoms with van der Waals surface area (Å²) >= 11 is 0. The molecule has 0 aliphatic heterocycles. The number of para-hydroxylation sites is 1. The maximum atomic E-state index is 11.9. The zero-order valence-corrected chi connectivity index (χ0v) is 14.9. The van der Waals surface area contributed by atoms with Crippen LogP contribution in [0.3, 0.4) is 0 Å². The molecule has 1 atom stereocenters. The number of hydrogen-bond acceptors (Lipinski definition) is 4. The number of ether oxygens (including phenoxy) is 2. The minimum atomic E-state index is -0.594. The van der Waals surface area contributed by atoms with Gasteiger partial charge in [-0.15, -0.1) is 0 Å². The lowest BCUT2D eigenvalue weighted by Crippen LogP contribution is -2.27. The second kappa shape index (κ2) is 7.35. The number of phenolic OH excluding ortho intramolecular Hbond substituents is 1. The Morgan fingerprint density at radius 3 is 2.46 bits per heavy atom. The predicted octanol–water partition coefficient (Wildman–Crippen LogP) is 3.79. The van der Waals surface area contributed by atoms with E-state index >= 15 is 0 Å². The molecule has 3 rings (SSSR count). The first-order valence-electron chi connectivity index (χ1n) is 8.25. The minimum Gasteiger partial charge on any atom is -0.508 e. The molecule has 3 aromatic carbocycles. The van der Waals surface area contributed by atoms with Crippen LogP contribution in [0.25, 0.3) is 10.8 Å². The van der Waals surface area contributed by atoms with Gasteiger partial charge in [0, 0.05) is 18.1 Å². The number of aromatic hydroxyl groups is 1. The lowest BCUT2D eigenvalue weighted by atomic mass is 9.92. The Labute approximate surface area is 152 Å². The van der Waals surface area contributed by atoms with Gasteiger partial charge in [0.05, 0.1) is 20.3 Å². The largest absolute Gasteiger partial charge is 0.508 e. The molecule has 0 saturated heterocycles. The minimum absolute atomic E-state index is 0.104. The number of benzene rings is 3. The van der Waals surface area contributed by atoms with Crippen LogP contribution in [0, 0.1) is 0 Å². The molecule has 0 radical (unpaired) electrons. The van der Waals surface area contributed by atoms with Gasteiger partial charge >= 0.3 is 0 Å². The lowest BCUT2D eigenvalue weighted by molar-refractivity contribution is -0.119. The van der Waals surface area contributed by atoms with Crippen LogP contribution in [-0.2, 0) is 4.79 Å². The molecule has 0 aliphatic rings. The first-order valence-corrected chi connectivity index (χ1v) is 8.25. The molecule has 0 saturated carbocycles. The van der Waals surface area contributed by atoms with Crippen LogP contribution in [0.4, 0.5) is 0 Å². The Morgan fingerprint density at radius 2 is 1.77 bits per heavy atom. The van der Waals surface area contributed by atoms with Gasteiger partial charge in [-0.25, -0.2) is 0 Å². The molecule has 0 heterocycles. The molecule has 134 valence electrons. The van der Waals surface area contributed by atoms with Crippen LogP contribution in [0.15, 0.2) is 54.6 Å². The molecule has 3 aromatic rings. The van der Waals surface area contributed by atoms with Crippen molar-refractivity contribution in [3.05, 3.63) is 65.7 Å². The Kier molecular flexibility index (Phi) is 4.98. The fourth-order valence-corrected chi connectivity index (χ4v) is 3.24. The lowest BCUT2D eigenvalue weighted by Gasteiger charge is -2.24. The van der Waals surface area contributed by atoms with Crippen molar-refractivity contribution in [1.82, 2.24) is 5.32 Å². The summed E-state index contributed by atoms with van der Waals surface area (Å²) in [4.78, 5) is 11.9. The fourth-order valence-electron chi connectivity index (χ4n) is 3.24. The predicted molar refractivity (Wildman–Crippen MR) is 101 cm³/mol. The molecular weight excluding hydrogens is 330 g/mol. The highest BCUT2D eigenvalue weighted by atomic mass is 16.5. The van der Waals surface area contributed by atoms with Crippen molar-refractivity contribution in [2.75, 3.05) is 14.2 Å². The maximum Gasteiger partial charge on any atom is 0.217 e. The fraction of sp³-hybridized carbons (Fsp3) is 0.190. The first-order chi connectivity index (χ1) is 12.6. The van der Waals surface area contributed by atoms with E-state index in [4.69, 9.17) is 9.47 Å². The van der Waals surface area contributed by atoms with Crippen molar-refractivity contribution in [1.29, 1.82) is 0 Å². The summed E-state index contributed by atoms with van der Waals surface area (Å²) < 4.78 is 10.9. The molecule has 1 unspecified atom stereocenters. The smallest absolute Gasteiger partial charge is 0.217 e. The average molecular weight is 351 g/mol. The zero-order chi connectivity index (χ0) is 18.7. The summed E-state index contributed by atoms with van der Waals surface area (Å²) in [6.45, 7) is 1.45. The van der Waals surface area contributed by atoms with Gasteiger partial charge in [-0.3, -0.25) is 4.79 Å². The standard InChI is InChI=1S/C21H21NO4/c1-13(23)22-20(16-9-6-10-18(25-2)21(16)26-3)19-15-8-5-4-7-14(15)11-12-17(19)24/h4-12,20,24H,1-3H3,(H,22,23). The van der Waals surface area contributed by atoms with Crippen LogP contribution < -0.4 is 14.8 Å². The summed E-state index contributed by atoms with van der Waals surface area (Å²) in [6.07, 6.45) is 0. The van der Waals surface area contributed by atoms with E-state index in [1.807, 2.05) is 42.5 Å². The van der Waals surface area contributed by atoms with Gasteiger partial charge < -0.3 is 19.9 Å². The highest BCUT2D eigenvalue weighted by Gasteiger charge is 2.26. The molecule has 0 fully saturated rings. The molecule has 1 amide bonds. The quantitative estimate of drug-likeness (QED) is 0.734. The second-order valence-corrected chi connectivity index (χ2v) is 5.94. The van der Waals surface area contributed by atoms with E-state index < -0.39 is 6.04 Å². The van der Waals surface area contributed by atoms with Gasteiger partial charge in [0.25, 0.3) is 0 Å². The molecule has 0 aromatic heterocycles. The van der Waals surface area contributed by atoms with E-state index in [1.165, 1.54) is 6.92 Å². The van der Waals surface area contributed by atoms with Crippen molar-refractivity contribution < 1.29 is 19.4 Å². The highest BCUT2D eigenvalue weighted by Crippen LogP contribution is 2.42. The van der Waals surface area contributed by atoms with Gasteiger partial charge in [-0.2, -0.15) is 0 Å². The van der Waals surface area contributed by atoms with Gasteiger partial charge in [0.2, 0.25) is 5.91 Å². The van der Waals surface area contributed by atoms with E-state index in [1.54, 1.807) is 26.4 Å². The van der Waals surface area contributed by atoms with Gasteiger partial charge in [-0.1, -0.05) is 42.5 Å². The summed E-state index contributed by atoms with van der Waals surface area (Å²) in [7, 11) is 3.11. The molecule has 0 spiro atoms. The number of methoxy groups -OCH3 is 2. The Hall–Kier alpha value is -3.21. The normalized spacial score (nSPS) is 11.8. The number of phenols is 1. The number of rotatable bonds is 5. The summed E-state index contributed by atoms with van der Waals surface area (Å²) in [6, 6.07) is 16.1. The van der Waals surface area contributed by atoms with Crippen molar-refractivity contribution in [3.8, 4) is 17.2 Å². The van der Waals surface area contributed by atoms with E-state index in [0.717, 1.165) is 10.8 Å². The number of carbonyl (C=O) groups excluding carboxylic acids is 1. The van der Waals surface area contributed by atoms with E-state index in [-0.39, 0.29) is 11.7 Å². The van der Waals surface area contributed by atoms with Crippen LogP contribution in [0.1, 0.15) is 24.1 Å². The van der Waals surface area contributed by atoms with E-state index in [9.17, 15) is 9.90 Å². The number of nitrogens with one attached hydrogen (secondary N) is 1. The number of fused-ring (bicyclic) bond motifs is 1. The molecule has 2 N–H and O–H groups in total. The third-order valence-corrected chi connectivity index (χ3v) is 4.33. The van der Waals surface area contributed by atoms with E-state index in [2.05, 4.69) is 5.32 Å². The average Bonchev–Trinajstić information content (AvgIpc) is 2.65. The molecular formula is C21H21NO4. The maximum absolute atomic E-state index is 11.9. The number of hydrogen-bond donors (Lipinski definition) is 2. The monoisotopic (exact) mass is 351 g/mol. The molecule has 0 aliphatic carbocycles. The first kappa shape index (κ1) is 17.6. The van der Waals surface area contributed by atoms with Crippen molar-refractivity contribution >= 4 is 16.7 Å². The van der Waals surface area contributed by atoms with Crippen molar-refractivity contribution in [2.24, 2.45) is 0 Å². The SMILES string of the molecule is COc1cccc(C(NC(C)=O)c2c(O)ccc3ccccc23)c1OC. The molecule has 0 bridgehead atoms. The van der Waals surface area contributed by atoms with Gasteiger partial charge in [0.1, 0.15) is 5.75 Å². The van der Waals surface area contributed by atoms with Crippen LogP contribution in [0.2, 0.25) is 0 Å². The Balaban J connectivity index is 2.30. The van der Waals surface area contributed by atoms with Gasteiger partial charge in [0.15, 0.2) is 11.5 Å². The zero-order valence-electron chi connectivity index (χ0n) is 14.9. The Bertz CT molecular complexity index is 952. The van der Waals surface area contributed by atoms with Crippen molar-refractivity contribution in [3.63, 3.8) is 0 Å². The summed E-state index contributed by atoms with van der Waals surface area (Å²) in [5, 5.41) is 15.4. The van der Waals surface area contributed by atoms with Crippen LogP contribution in [-0.4, -0.2) is 25.2 Å². The molecule has 5 nitrogen and oxygen atoms in total. The summed E-state index contributed by atoms with van der Waals surface area (Å²) in [5.74, 6) is 0.959. The highest BCUT2D eigenvalue weighted by molar-refractivity contribution is 5.89. The third kappa shape index (κ3) is 3.16. The van der Waals surface area contributed by atoms with E-state index in [0.29, 0.717) is 22.6 Å². The number of carbonyl (C=O) groups is 1. The van der Waals surface area contributed by atoms with Gasteiger partial charge in [-0.05, 0) is 22.9 Å². The Morgan fingerprint density at radius 1 is 1.00 bits per heavy atom. The van der Waals surface area contributed by atoms with Crippen LogP contribution >= 0.6 is 0 Å². The molecule has 5 heteroatoms. The van der Waals surface area contributed by atoms with Crippen LogP contribution in [0.5, 0.6) is 17.2 Å². The summed E-state index contributed by atoms with van der Waals surface area (Å²) in [5.41, 5.74) is 1.32.